The monoisotopic (exact) mass is 273 g/mol. The highest BCUT2D eigenvalue weighted by atomic mass is 19.1. The number of rotatable bonds is 4. The first-order valence-electron chi connectivity index (χ1n) is 5.85. The highest BCUT2D eigenvalue weighted by molar-refractivity contribution is 6.46. The molecular weight excluding hydrogens is 261 g/mol. The van der Waals surface area contributed by atoms with Gasteiger partial charge in [-0.25, -0.2) is 4.39 Å². The van der Waals surface area contributed by atoms with Gasteiger partial charge in [-0.3, -0.25) is 9.59 Å². The zero-order valence-corrected chi connectivity index (χ0v) is 10.7. The van der Waals surface area contributed by atoms with E-state index in [0.717, 1.165) is 12.1 Å². The fourth-order valence-corrected chi connectivity index (χ4v) is 1.59. The summed E-state index contributed by atoms with van der Waals surface area (Å²) in [6.45, 7) is 0. The smallest absolute Gasteiger partial charge is 0.296 e. The number of Topliss-reactive ketones (excluding diaryl/α,β-unsaturated/α-hetero) is 1. The number of carbonyl (C=O) groups is 2. The molecule has 2 aromatic carbocycles. The van der Waals surface area contributed by atoms with Crippen LogP contribution in [0.5, 0.6) is 5.75 Å². The van der Waals surface area contributed by atoms with Gasteiger partial charge in [0.05, 0.1) is 7.11 Å². The number of hydrogen-bond donors (Lipinski definition) is 1. The van der Waals surface area contributed by atoms with Gasteiger partial charge < -0.3 is 10.1 Å². The molecule has 0 atom stereocenters. The van der Waals surface area contributed by atoms with Crippen LogP contribution in [-0.2, 0) is 4.79 Å². The van der Waals surface area contributed by atoms with Crippen LogP contribution in [0.3, 0.4) is 0 Å². The molecule has 2 aromatic rings. The first kappa shape index (κ1) is 13.7. The highest BCUT2D eigenvalue weighted by Gasteiger charge is 2.16. The number of halogens is 1. The first-order chi connectivity index (χ1) is 9.60. The molecule has 0 aliphatic carbocycles. The summed E-state index contributed by atoms with van der Waals surface area (Å²) >= 11 is 0. The quantitative estimate of drug-likeness (QED) is 0.688. The molecule has 0 aliphatic rings. The summed E-state index contributed by atoms with van der Waals surface area (Å²) in [4.78, 5) is 23.6. The van der Waals surface area contributed by atoms with Gasteiger partial charge in [-0.15, -0.1) is 0 Å². The van der Waals surface area contributed by atoms with E-state index in [1.54, 1.807) is 24.3 Å². The molecule has 5 heteroatoms. The van der Waals surface area contributed by atoms with E-state index in [1.165, 1.54) is 19.2 Å². The molecule has 20 heavy (non-hydrogen) atoms. The predicted octanol–water partition coefficient (Wildman–Crippen LogP) is 2.66. The number of methoxy groups -OCH3 is 1. The Balaban J connectivity index is 2.07. The molecule has 0 fully saturated rings. The molecule has 2 rings (SSSR count). The zero-order valence-electron chi connectivity index (χ0n) is 10.7. The number of nitrogens with one attached hydrogen (secondary N) is 1. The van der Waals surface area contributed by atoms with E-state index >= 15 is 0 Å². The van der Waals surface area contributed by atoms with E-state index in [2.05, 4.69) is 5.32 Å². The van der Waals surface area contributed by atoms with Gasteiger partial charge in [0.2, 0.25) is 0 Å². The zero-order chi connectivity index (χ0) is 14.5. The van der Waals surface area contributed by atoms with Gasteiger partial charge in [-0.05, 0) is 48.5 Å². The van der Waals surface area contributed by atoms with E-state index in [9.17, 15) is 14.0 Å². The van der Waals surface area contributed by atoms with Crippen molar-refractivity contribution in [3.8, 4) is 5.75 Å². The van der Waals surface area contributed by atoms with Gasteiger partial charge in [0.15, 0.2) is 0 Å². The van der Waals surface area contributed by atoms with Gasteiger partial charge in [-0.1, -0.05) is 0 Å². The topological polar surface area (TPSA) is 55.4 Å². The van der Waals surface area contributed by atoms with Gasteiger partial charge in [0, 0.05) is 11.3 Å². The lowest BCUT2D eigenvalue weighted by Gasteiger charge is -2.05. The minimum absolute atomic E-state index is 0.136. The number of carbonyl (C=O) groups excluding carboxylic acids is 2. The van der Waals surface area contributed by atoms with Crippen LogP contribution in [0.2, 0.25) is 0 Å². The van der Waals surface area contributed by atoms with E-state index < -0.39 is 17.5 Å². The van der Waals surface area contributed by atoms with Crippen molar-refractivity contribution in [2.24, 2.45) is 0 Å². The van der Waals surface area contributed by atoms with Crippen molar-refractivity contribution in [1.29, 1.82) is 0 Å². The third-order valence-electron chi connectivity index (χ3n) is 2.66. The lowest BCUT2D eigenvalue weighted by Crippen LogP contribution is -2.22. The predicted molar refractivity (Wildman–Crippen MR) is 72.4 cm³/mol. The minimum atomic E-state index is -0.776. The first-order valence-corrected chi connectivity index (χ1v) is 5.85. The Morgan fingerprint density at radius 2 is 1.60 bits per heavy atom. The fraction of sp³-hybridized carbons (Fsp3) is 0.0667. The third-order valence-corrected chi connectivity index (χ3v) is 2.66. The lowest BCUT2D eigenvalue weighted by molar-refractivity contribution is -0.112. The second kappa shape index (κ2) is 5.97. The summed E-state index contributed by atoms with van der Waals surface area (Å²) in [6, 6.07) is 11.4. The maximum absolute atomic E-state index is 12.7. The molecule has 0 unspecified atom stereocenters. The number of hydrogen-bond acceptors (Lipinski definition) is 3. The van der Waals surface area contributed by atoms with Crippen molar-refractivity contribution in [2.45, 2.75) is 0 Å². The largest absolute Gasteiger partial charge is 0.497 e. The molecule has 0 heterocycles. The summed E-state index contributed by atoms with van der Waals surface area (Å²) in [5.74, 6) is -1.31. The van der Waals surface area contributed by atoms with Crippen LogP contribution < -0.4 is 10.1 Å². The molecule has 0 bridgehead atoms. The van der Waals surface area contributed by atoms with Crippen LogP contribution >= 0.6 is 0 Å². The Kier molecular flexibility index (Phi) is 4.10. The summed E-state index contributed by atoms with van der Waals surface area (Å²) in [6.07, 6.45) is 0. The summed E-state index contributed by atoms with van der Waals surface area (Å²) < 4.78 is 17.7. The van der Waals surface area contributed by atoms with E-state index in [-0.39, 0.29) is 5.56 Å². The Bertz CT molecular complexity index is 621. The Labute approximate surface area is 115 Å². The molecule has 0 saturated heterocycles. The van der Waals surface area contributed by atoms with Crippen molar-refractivity contribution in [3.63, 3.8) is 0 Å². The van der Waals surface area contributed by atoms with E-state index in [4.69, 9.17) is 4.74 Å². The molecule has 0 spiro atoms. The molecule has 102 valence electrons. The summed E-state index contributed by atoms with van der Waals surface area (Å²) in [5, 5.41) is 2.47. The number of ketones is 1. The van der Waals surface area contributed by atoms with Gasteiger partial charge >= 0.3 is 0 Å². The Morgan fingerprint density at radius 1 is 1.00 bits per heavy atom. The minimum Gasteiger partial charge on any atom is -0.497 e. The van der Waals surface area contributed by atoms with Crippen LogP contribution in [0.15, 0.2) is 48.5 Å². The second-order valence-electron chi connectivity index (χ2n) is 4.02. The maximum atomic E-state index is 12.7. The van der Waals surface area contributed by atoms with E-state index in [1.807, 2.05) is 0 Å². The second-order valence-corrected chi connectivity index (χ2v) is 4.02. The summed E-state index contributed by atoms with van der Waals surface area (Å²) in [7, 11) is 1.53. The van der Waals surface area contributed by atoms with Crippen LogP contribution in [-0.4, -0.2) is 18.8 Å². The molecular formula is C15H12FNO3. The average molecular weight is 273 g/mol. The fourth-order valence-electron chi connectivity index (χ4n) is 1.59. The number of anilines is 1. The lowest BCUT2D eigenvalue weighted by atomic mass is 10.1. The standard InChI is InChI=1S/C15H12FNO3/c1-20-13-8-6-12(7-9-13)17-15(19)14(18)10-2-4-11(16)5-3-10/h2-9H,1H3,(H,17,19). The third kappa shape index (κ3) is 3.20. The maximum Gasteiger partial charge on any atom is 0.296 e. The summed E-state index contributed by atoms with van der Waals surface area (Å²) in [5.41, 5.74) is 0.615. The Hall–Kier alpha value is -2.69. The van der Waals surface area contributed by atoms with Crippen molar-refractivity contribution >= 4 is 17.4 Å². The molecule has 0 aliphatic heterocycles. The van der Waals surface area contributed by atoms with Crippen LogP contribution in [0, 0.1) is 5.82 Å². The normalized spacial score (nSPS) is 9.90. The van der Waals surface area contributed by atoms with Gasteiger partial charge in [0.25, 0.3) is 11.7 Å². The van der Waals surface area contributed by atoms with Crippen LogP contribution in [0.4, 0.5) is 10.1 Å². The number of ether oxygens (including phenoxy) is 1. The van der Waals surface area contributed by atoms with Crippen LogP contribution in [0.1, 0.15) is 10.4 Å². The van der Waals surface area contributed by atoms with Crippen molar-refractivity contribution in [3.05, 3.63) is 59.9 Å². The van der Waals surface area contributed by atoms with Gasteiger partial charge in [0.1, 0.15) is 11.6 Å². The van der Waals surface area contributed by atoms with Crippen molar-refractivity contribution in [2.75, 3.05) is 12.4 Å². The number of amides is 1. The Morgan fingerprint density at radius 3 is 2.15 bits per heavy atom. The highest BCUT2D eigenvalue weighted by Crippen LogP contribution is 2.15. The van der Waals surface area contributed by atoms with Gasteiger partial charge in [-0.2, -0.15) is 0 Å². The number of benzene rings is 2. The molecule has 1 N–H and O–H groups in total. The molecule has 0 aromatic heterocycles. The average Bonchev–Trinajstić information content (AvgIpc) is 2.48. The molecule has 1 amide bonds. The van der Waals surface area contributed by atoms with E-state index in [0.29, 0.717) is 11.4 Å². The van der Waals surface area contributed by atoms with Crippen molar-refractivity contribution in [1.82, 2.24) is 0 Å². The molecule has 0 saturated carbocycles. The van der Waals surface area contributed by atoms with Crippen molar-refractivity contribution < 1.29 is 18.7 Å². The molecule has 0 radical (unpaired) electrons. The molecule has 4 nitrogen and oxygen atoms in total. The SMILES string of the molecule is COc1ccc(NC(=O)C(=O)c2ccc(F)cc2)cc1. The van der Waals surface area contributed by atoms with Crippen LogP contribution in [0.25, 0.3) is 0 Å².